The molecule has 0 aliphatic heterocycles. The second-order valence-corrected chi connectivity index (χ2v) is 13.5. The Morgan fingerprint density at radius 1 is 0.351 bits per heavy atom. The monoisotopic (exact) mass is 730 g/mol. The van der Waals surface area contributed by atoms with Crippen LogP contribution in [0.2, 0.25) is 0 Å². The lowest BCUT2D eigenvalue weighted by atomic mass is 10.1. The summed E-state index contributed by atoms with van der Waals surface area (Å²) in [6.07, 6.45) is 0. The molecular weight excluding hydrogens is 701 g/mol. The van der Waals surface area contributed by atoms with Crippen LogP contribution in [0.3, 0.4) is 0 Å². The Morgan fingerprint density at radius 3 is 1.26 bits per heavy atom. The maximum Gasteiger partial charge on any atom is 0.189 e. The van der Waals surface area contributed by atoms with E-state index in [1.165, 1.54) is 0 Å². The van der Waals surface area contributed by atoms with Gasteiger partial charge in [0.1, 0.15) is 0 Å². The molecule has 0 aliphatic carbocycles. The highest BCUT2D eigenvalue weighted by atomic mass is 15.1. The van der Waals surface area contributed by atoms with Gasteiger partial charge in [-0.05, 0) is 30.3 Å². The summed E-state index contributed by atoms with van der Waals surface area (Å²) in [7, 11) is 0. The molecule has 0 N–H and O–H groups in total. The molecule has 10 aromatic rings. The molecule has 0 atom stereocenters. The highest BCUT2D eigenvalue weighted by Gasteiger charge is 2.22. The molecule has 57 heavy (non-hydrogen) atoms. The third kappa shape index (κ3) is 6.25. The van der Waals surface area contributed by atoms with E-state index >= 15 is 0 Å². The molecule has 8 nitrogen and oxygen atoms in total. The topological polar surface area (TPSA) is 86.6 Å². The molecule has 266 valence electrons. The number of aromatic nitrogens is 7. The summed E-state index contributed by atoms with van der Waals surface area (Å²) in [4.78, 5) is 34.2. The number of hydrogen-bond donors (Lipinski definition) is 0. The molecule has 0 spiro atoms. The van der Waals surface area contributed by atoms with Gasteiger partial charge in [0.05, 0.1) is 17.8 Å². The minimum absolute atomic E-state index is 0.479. The van der Waals surface area contributed by atoms with Crippen LogP contribution in [0.1, 0.15) is 0 Å². The minimum atomic E-state index is 0.479. The lowest BCUT2D eigenvalue weighted by Crippen LogP contribution is -2.05. The molecule has 3 heterocycles. The molecule has 0 aliphatic rings. The zero-order chi connectivity index (χ0) is 38.1. The predicted octanol–water partition coefficient (Wildman–Crippen LogP) is 11.7. The zero-order valence-corrected chi connectivity index (χ0v) is 30.4. The van der Waals surface area contributed by atoms with Gasteiger partial charge in [-0.2, -0.15) is 0 Å². The Morgan fingerprint density at radius 2 is 0.772 bits per heavy atom. The third-order valence-corrected chi connectivity index (χ3v) is 9.92. The van der Waals surface area contributed by atoms with Gasteiger partial charge < -0.3 is 4.57 Å². The molecule has 0 saturated carbocycles. The number of fused-ring (bicyclic) bond motifs is 3. The molecule has 0 bridgehead atoms. The van der Waals surface area contributed by atoms with E-state index in [2.05, 4.69) is 33.7 Å². The van der Waals surface area contributed by atoms with Gasteiger partial charge in [-0.15, -0.1) is 0 Å². The van der Waals surface area contributed by atoms with Crippen molar-refractivity contribution < 1.29 is 0 Å². The summed E-state index contributed by atoms with van der Waals surface area (Å²) >= 11 is 0. The average Bonchev–Trinajstić information content (AvgIpc) is 3.63. The number of para-hydroxylation sites is 1. The molecule has 10 rings (SSSR count). The van der Waals surface area contributed by atoms with Crippen molar-refractivity contribution in [2.45, 2.75) is 0 Å². The van der Waals surface area contributed by atoms with Crippen LogP contribution in [0.4, 0.5) is 5.69 Å². The molecule has 3 aromatic heterocycles. The van der Waals surface area contributed by atoms with Crippen LogP contribution in [0.25, 0.3) is 101 Å². The Hall–Kier alpha value is -8.15. The standard InChI is InChI=1S/C49H30N8/c1-50-37-27-28-39-38-24-14-15-25-41(38)57(43(39)31-37)42-29-26-36(48-53-44(32-16-6-2-7-17-32)51-45(54-48)33-18-8-3-9-19-33)30-40(42)49-55-46(34-20-10-4-11-21-34)52-47(56-49)35-22-12-5-13-23-35/h2-31H. The number of benzene rings is 7. The van der Waals surface area contributed by atoms with Crippen LogP contribution in [0, 0.1) is 6.57 Å². The van der Waals surface area contributed by atoms with E-state index in [9.17, 15) is 0 Å². The fourth-order valence-electron chi connectivity index (χ4n) is 7.20. The maximum absolute atomic E-state index is 7.87. The van der Waals surface area contributed by atoms with Crippen LogP contribution < -0.4 is 0 Å². The van der Waals surface area contributed by atoms with Gasteiger partial charge in [-0.1, -0.05) is 152 Å². The van der Waals surface area contributed by atoms with Crippen molar-refractivity contribution in [3.05, 3.63) is 193 Å². The largest absolute Gasteiger partial charge is 0.310 e. The van der Waals surface area contributed by atoms with Crippen molar-refractivity contribution in [3.63, 3.8) is 0 Å². The zero-order valence-electron chi connectivity index (χ0n) is 30.4. The Labute approximate surface area is 328 Å². The van der Waals surface area contributed by atoms with Crippen molar-refractivity contribution in [1.29, 1.82) is 0 Å². The van der Waals surface area contributed by atoms with Crippen LogP contribution >= 0.6 is 0 Å². The van der Waals surface area contributed by atoms with E-state index in [0.717, 1.165) is 60.9 Å². The Bertz CT molecular complexity index is 3010. The van der Waals surface area contributed by atoms with Crippen LogP contribution in [-0.4, -0.2) is 34.5 Å². The van der Waals surface area contributed by atoms with Crippen molar-refractivity contribution in [3.8, 4) is 74.0 Å². The first-order chi connectivity index (χ1) is 28.2. The molecule has 0 fully saturated rings. The first kappa shape index (κ1) is 33.4. The molecule has 8 heteroatoms. The van der Waals surface area contributed by atoms with E-state index in [0.29, 0.717) is 40.6 Å². The van der Waals surface area contributed by atoms with Crippen LogP contribution in [0.5, 0.6) is 0 Å². The highest BCUT2D eigenvalue weighted by molar-refractivity contribution is 6.10. The van der Waals surface area contributed by atoms with Crippen molar-refractivity contribution in [1.82, 2.24) is 34.5 Å². The number of nitrogens with zero attached hydrogens (tertiary/aromatic N) is 8. The summed E-state index contributed by atoms with van der Waals surface area (Å²) in [5.74, 6) is 3.22. The average molecular weight is 731 g/mol. The first-order valence-corrected chi connectivity index (χ1v) is 18.5. The lowest BCUT2D eigenvalue weighted by Gasteiger charge is -2.16. The van der Waals surface area contributed by atoms with Gasteiger partial charge in [0.25, 0.3) is 0 Å². The van der Waals surface area contributed by atoms with Crippen LogP contribution in [-0.2, 0) is 0 Å². The molecule has 0 saturated heterocycles. The smallest absolute Gasteiger partial charge is 0.189 e. The van der Waals surface area contributed by atoms with E-state index in [4.69, 9.17) is 36.5 Å². The van der Waals surface area contributed by atoms with Gasteiger partial charge in [0, 0.05) is 49.7 Å². The third-order valence-electron chi connectivity index (χ3n) is 9.92. The second-order valence-electron chi connectivity index (χ2n) is 13.5. The minimum Gasteiger partial charge on any atom is -0.310 e. The molecule has 0 radical (unpaired) electrons. The molecular formula is C49H30N8. The van der Waals surface area contributed by atoms with E-state index in [1.54, 1.807) is 0 Å². The predicted molar refractivity (Wildman–Crippen MR) is 226 cm³/mol. The van der Waals surface area contributed by atoms with Gasteiger partial charge in [-0.3, -0.25) is 0 Å². The van der Waals surface area contributed by atoms with Crippen molar-refractivity contribution >= 4 is 27.5 Å². The quantitative estimate of drug-likeness (QED) is 0.152. The number of rotatable bonds is 7. The second kappa shape index (κ2) is 14.3. The summed E-state index contributed by atoms with van der Waals surface area (Å²) in [5.41, 5.74) is 8.27. The molecule has 7 aromatic carbocycles. The Balaban J connectivity index is 1.28. The molecule has 0 amide bonds. The summed E-state index contributed by atoms with van der Waals surface area (Å²) in [5, 5.41) is 2.11. The van der Waals surface area contributed by atoms with Gasteiger partial charge in [0.15, 0.2) is 40.6 Å². The SMILES string of the molecule is [C-]#[N+]c1ccc2c3ccccc3n(-c3ccc(-c4nc(-c5ccccc5)nc(-c5ccccc5)n4)cc3-c3nc(-c4ccccc4)nc(-c4ccccc4)n3)c2c1. The Kier molecular flexibility index (Phi) is 8.36. The van der Waals surface area contributed by atoms with E-state index < -0.39 is 0 Å². The normalized spacial score (nSPS) is 11.1. The fraction of sp³-hybridized carbons (Fsp3) is 0. The lowest BCUT2D eigenvalue weighted by molar-refractivity contribution is 1.06. The van der Waals surface area contributed by atoms with Gasteiger partial charge >= 0.3 is 0 Å². The first-order valence-electron chi connectivity index (χ1n) is 18.5. The molecule has 0 unspecified atom stereocenters. The maximum atomic E-state index is 7.87. The van der Waals surface area contributed by atoms with E-state index in [-0.39, 0.29) is 0 Å². The summed E-state index contributed by atoms with van der Waals surface area (Å²) < 4.78 is 2.20. The van der Waals surface area contributed by atoms with Gasteiger partial charge in [-0.25, -0.2) is 34.7 Å². The fourth-order valence-corrected chi connectivity index (χ4v) is 7.20. The van der Waals surface area contributed by atoms with E-state index in [1.807, 2.05) is 158 Å². The number of hydrogen-bond acceptors (Lipinski definition) is 6. The van der Waals surface area contributed by atoms with Crippen molar-refractivity contribution in [2.75, 3.05) is 0 Å². The van der Waals surface area contributed by atoms with Gasteiger partial charge in [0.2, 0.25) is 0 Å². The summed E-state index contributed by atoms with van der Waals surface area (Å²) in [6, 6.07) is 60.1. The summed E-state index contributed by atoms with van der Waals surface area (Å²) in [6.45, 7) is 7.87. The van der Waals surface area contributed by atoms with Crippen molar-refractivity contribution in [2.24, 2.45) is 0 Å². The van der Waals surface area contributed by atoms with Crippen LogP contribution in [0.15, 0.2) is 182 Å². The highest BCUT2D eigenvalue weighted by Crippen LogP contribution is 2.39.